The van der Waals surface area contributed by atoms with Crippen LogP contribution in [0.15, 0.2) is 24.3 Å². The molecule has 0 aromatic heterocycles. The third-order valence-corrected chi connectivity index (χ3v) is 6.40. The number of ether oxygens (including phenoxy) is 1. The SMILES string of the molecule is N#Cc1ccc(CN2CCC(NC(=O)NCC3CCC4(CCCC4)O3)C2=O)cc1. The van der Waals surface area contributed by atoms with Crippen molar-refractivity contribution in [3.63, 3.8) is 0 Å². The lowest BCUT2D eigenvalue weighted by molar-refractivity contribution is -0.129. The van der Waals surface area contributed by atoms with E-state index < -0.39 is 6.04 Å². The van der Waals surface area contributed by atoms with E-state index in [1.54, 1.807) is 17.0 Å². The van der Waals surface area contributed by atoms with Crippen molar-refractivity contribution < 1.29 is 14.3 Å². The number of hydrogen-bond donors (Lipinski definition) is 2. The van der Waals surface area contributed by atoms with E-state index in [2.05, 4.69) is 16.7 Å². The van der Waals surface area contributed by atoms with Gasteiger partial charge in [0.1, 0.15) is 6.04 Å². The molecule has 7 heteroatoms. The summed E-state index contributed by atoms with van der Waals surface area (Å²) in [5.41, 5.74) is 1.64. The monoisotopic (exact) mass is 396 g/mol. The molecule has 3 amide bonds. The van der Waals surface area contributed by atoms with Gasteiger partial charge in [-0.1, -0.05) is 25.0 Å². The van der Waals surface area contributed by atoms with E-state index in [1.165, 1.54) is 12.8 Å². The van der Waals surface area contributed by atoms with Crippen LogP contribution in [0.5, 0.6) is 0 Å². The highest BCUT2D eigenvalue weighted by Crippen LogP contribution is 2.43. The second kappa shape index (κ2) is 8.42. The average molecular weight is 396 g/mol. The Balaban J connectivity index is 1.21. The normalized spacial score (nSPS) is 25.3. The number of benzene rings is 1. The Kier molecular flexibility index (Phi) is 5.72. The number of nitrogens with one attached hydrogen (secondary N) is 2. The standard InChI is InChI=1S/C22H28N4O3/c23-13-16-3-5-17(6-4-16)15-26-12-8-19(20(26)27)25-21(28)24-14-18-7-11-22(29-18)9-1-2-10-22/h3-6,18-19H,1-2,7-12,14-15H2,(H2,24,25,28). The Bertz CT molecular complexity index is 795. The smallest absolute Gasteiger partial charge is 0.315 e. The lowest BCUT2D eigenvalue weighted by atomic mass is 9.98. The zero-order valence-corrected chi connectivity index (χ0v) is 16.7. The molecular formula is C22H28N4O3. The molecule has 1 aliphatic carbocycles. The van der Waals surface area contributed by atoms with Crippen LogP contribution in [0.2, 0.25) is 0 Å². The van der Waals surface area contributed by atoms with Crippen molar-refractivity contribution in [3.8, 4) is 6.07 Å². The first kappa shape index (κ1) is 19.7. The minimum absolute atomic E-state index is 0.0634. The summed E-state index contributed by atoms with van der Waals surface area (Å²) in [6, 6.07) is 8.51. The molecule has 7 nitrogen and oxygen atoms in total. The summed E-state index contributed by atoms with van der Waals surface area (Å²) < 4.78 is 6.21. The fraction of sp³-hybridized carbons (Fsp3) is 0.591. The molecule has 4 rings (SSSR count). The predicted molar refractivity (Wildman–Crippen MR) is 107 cm³/mol. The predicted octanol–water partition coefficient (Wildman–Crippen LogP) is 2.45. The van der Waals surface area contributed by atoms with Crippen molar-refractivity contribution in [3.05, 3.63) is 35.4 Å². The van der Waals surface area contributed by atoms with E-state index >= 15 is 0 Å². The van der Waals surface area contributed by atoms with E-state index in [4.69, 9.17) is 10.00 Å². The fourth-order valence-corrected chi connectivity index (χ4v) is 4.78. The van der Waals surface area contributed by atoms with Crippen LogP contribution >= 0.6 is 0 Å². The number of nitrogens with zero attached hydrogens (tertiary/aromatic N) is 2. The third kappa shape index (κ3) is 4.54. The highest BCUT2D eigenvalue weighted by molar-refractivity contribution is 5.88. The molecule has 1 aromatic carbocycles. The van der Waals surface area contributed by atoms with Gasteiger partial charge in [-0.3, -0.25) is 4.79 Å². The molecule has 1 spiro atoms. The lowest BCUT2D eigenvalue weighted by Gasteiger charge is -2.24. The molecule has 2 saturated heterocycles. The number of carbonyl (C=O) groups excluding carboxylic acids is 2. The van der Waals surface area contributed by atoms with Gasteiger partial charge in [0.2, 0.25) is 5.91 Å². The van der Waals surface area contributed by atoms with E-state index in [1.807, 2.05) is 12.1 Å². The maximum absolute atomic E-state index is 12.6. The molecule has 2 heterocycles. The molecular weight excluding hydrogens is 368 g/mol. The summed E-state index contributed by atoms with van der Waals surface area (Å²) in [5, 5.41) is 14.6. The molecule has 0 radical (unpaired) electrons. The van der Waals surface area contributed by atoms with Gasteiger partial charge >= 0.3 is 6.03 Å². The van der Waals surface area contributed by atoms with Gasteiger partial charge < -0.3 is 20.3 Å². The van der Waals surface area contributed by atoms with Crippen molar-refractivity contribution in [2.75, 3.05) is 13.1 Å². The number of likely N-dealkylation sites (tertiary alicyclic amines) is 1. The second-order valence-corrected chi connectivity index (χ2v) is 8.43. The largest absolute Gasteiger partial charge is 0.370 e. The Morgan fingerprint density at radius 1 is 1.21 bits per heavy atom. The van der Waals surface area contributed by atoms with E-state index in [9.17, 15) is 9.59 Å². The number of carbonyl (C=O) groups is 2. The van der Waals surface area contributed by atoms with Crippen molar-refractivity contribution in [1.29, 1.82) is 5.26 Å². The van der Waals surface area contributed by atoms with Crippen molar-refractivity contribution in [2.24, 2.45) is 0 Å². The van der Waals surface area contributed by atoms with Gasteiger partial charge in [0, 0.05) is 19.6 Å². The first-order valence-corrected chi connectivity index (χ1v) is 10.6. The van der Waals surface area contributed by atoms with Crippen LogP contribution < -0.4 is 10.6 Å². The number of amides is 3. The van der Waals surface area contributed by atoms with Crippen molar-refractivity contribution in [2.45, 2.75) is 69.2 Å². The molecule has 2 N–H and O–H groups in total. The van der Waals surface area contributed by atoms with Crippen molar-refractivity contribution >= 4 is 11.9 Å². The van der Waals surface area contributed by atoms with E-state index in [0.29, 0.717) is 31.6 Å². The average Bonchev–Trinajstić information content (AvgIpc) is 3.45. The zero-order valence-electron chi connectivity index (χ0n) is 16.7. The Morgan fingerprint density at radius 3 is 2.69 bits per heavy atom. The second-order valence-electron chi connectivity index (χ2n) is 8.43. The van der Waals surface area contributed by atoms with Gasteiger partial charge in [0.05, 0.1) is 23.3 Å². The summed E-state index contributed by atoms with van der Waals surface area (Å²) in [5.74, 6) is -0.0634. The van der Waals surface area contributed by atoms with E-state index in [-0.39, 0.29) is 23.6 Å². The van der Waals surface area contributed by atoms with Crippen LogP contribution in [-0.4, -0.2) is 47.7 Å². The summed E-state index contributed by atoms with van der Waals surface area (Å²) in [6.07, 6.45) is 7.51. The summed E-state index contributed by atoms with van der Waals surface area (Å²) in [6.45, 7) is 1.59. The molecule has 1 aromatic rings. The summed E-state index contributed by atoms with van der Waals surface area (Å²) >= 11 is 0. The van der Waals surface area contributed by atoms with Gasteiger partial charge in [0.25, 0.3) is 0 Å². The molecule has 3 aliphatic rings. The molecule has 2 unspecified atom stereocenters. The molecule has 29 heavy (non-hydrogen) atoms. The topological polar surface area (TPSA) is 94.5 Å². The van der Waals surface area contributed by atoms with E-state index in [0.717, 1.165) is 31.2 Å². The molecule has 154 valence electrons. The number of urea groups is 1. The quantitative estimate of drug-likeness (QED) is 0.799. The van der Waals surface area contributed by atoms with Gasteiger partial charge in [-0.25, -0.2) is 4.79 Å². The highest BCUT2D eigenvalue weighted by Gasteiger charge is 2.42. The third-order valence-electron chi connectivity index (χ3n) is 6.40. The number of nitriles is 1. The molecule has 2 atom stereocenters. The minimum Gasteiger partial charge on any atom is -0.370 e. The van der Waals surface area contributed by atoms with Gasteiger partial charge in [0.15, 0.2) is 0 Å². The van der Waals surface area contributed by atoms with Crippen LogP contribution in [0.25, 0.3) is 0 Å². The Hall–Kier alpha value is -2.59. The van der Waals surface area contributed by atoms with Crippen LogP contribution in [0, 0.1) is 11.3 Å². The van der Waals surface area contributed by atoms with Gasteiger partial charge in [-0.15, -0.1) is 0 Å². The zero-order chi connectivity index (χ0) is 20.3. The van der Waals surface area contributed by atoms with Crippen LogP contribution in [0.1, 0.15) is 56.1 Å². The Labute approximate surface area is 171 Å². The van der Waals surface area contributed by atoms with Gasteiger partial charge in [-0.2, -0.15) is 5.26 Å². The Morgan fingerprint density at radius 2 is 1.97 bits per heavy atom. The lowest BCUT2D eigenvalue weighted by Crippen LogP contribution is -2.47. The number of rotatable bonds is 5. The van der Waals surface area contributed by atoms with Crippen LogP contribution in [-0.2, 0) is 16.1 Å². The summed E-state index contributed by atoms with van der Waals surface area (Å²) in [7, 11) is 0. The maximum atomic E-state index is 12.6. The fourth-order valence-electron chi connectivity index (χ4n) is 4.78. The van der Waals surface area contributed by atoms with Crippen LogP contribution in [0.4, 0.5) is 4.79 Å². The maximum Gasteiger partial charge on any atom is 0.315 e. The first-order chi connectivity index (χ1) is 14.1. The van der Waals surface area contributed by atoms with Gasteiger partial charge in [-0.05, 0) is 49.8 Å². The molecule has 1 saturated carbocycles. The van der Waals surface area contributed by atoms with Crippen LogP contribution in [0.3, 0.4) is 0 Å². The van der Waals surface area contributed by atoms with Crippen molar-refractivity contribution in [1.82, 2.24) is 15.5 Å². The molecule has 3 fully saturated rings. The minimum atomic E-state index is -0.487. The first-order valence-electron chi connectivity index (χ1n) is 10.6. The summed E-state index contributed by atoms with van der Waals surface area (Å²) in [4.78, 5) is 26.6. The number of hydrogen-bond acceptors (Lipinski definition) is 4. The highest BCUT2D eigenvalue weighted by atomic mass is 16.5. The molecule has 0 bridgehead atoms. The molecule has 2 aliphatic heterocycles.